The molecule has 6 aromatic heterocycles. The minimum atomic E-state index is 0.294. The van der Waals surface area contributed by atoms with Crippen molar-refractivity contribution in [2.75, 3.05) is 120 Å². The molecule has 6 saturated heterocycles. The summed E-state index contributed by atoms with van der Waals surface area (Å²) in [5, 5.41) is 14.1. The first-order chi connectivity index (χ1) is 53.4. The van der Waals surface area contributed by atoms with Gasteiger partial charge in [0.25, 0.3) is 0 Å². The summed E-state index contributed by atoms with van der Waals surface area (Å²) in [6, 6.07) is 30.4. The largest absolute Gasteiger partial charge is 0.496 e. The predicted molar refractivity (Wildman–Crippen MR) is 451 cm³/mol. The average Bonchev–Trinajstić information content (AvgIpc) is 1.23. The Morgan fingerprint density at radius 3 is 1.21 bits per heavy atom. The average molecular weight is 1510 g/mol. The van der Waals surface area contributed by atoms with Crippen LogP contribution in [0.2, 0.25) is 0 Å². The van der Waals surface area contributed by atoms with Crippen LogP contribution in [0, 0.1) is 5.92 Å². The van der Waals surface area contributed by atoms with Gasteiger partial charge in [0, 0.05) is 163 Å². The molecule has 6 aliphatic heterocycles. The highest BCUT2D eigenvalue weighted by Crippen LogP contribution is 2.36. The van der Waals surface area contributed by atoms with Crippen LogP contribution in [0.15, 0.2) is 91.4 Å². The van der Waals surface area contributed by atoms with E-state index in [1.165, 1.54) is 113 Å². The zero-order chi connectivity index (χ0) is 77.4. The third-order valence-corrected chi connectivity index (χ3v) is 23.0. The zero-order valence-corrected chi connectivity index (χ0v) is 68.2. The molecule has 4 atom stereocenters. The number of fused-ring (bicyclic) bond motifs is 9. The number of nitrogens with zero attached hydrogens (tertiary/aromatic N) is 14. The first kappa shape index (κ1) is 81.0. The number of hydrogen-bond acceptors (Lipinski definition) is 21. The van der Waals surface area contributed by atoms with Gasteiger partial charge in [0.1, 0.15) is 33.8 Å². The molecule has 110 heavy (non-hydrogen) atoms. The van der Waals surface area contributed by atoms with E-state index >= 15 is 0 Å². The van der Waals surface area contributed by atoms with Gasteiger partial charge >= 0.3 is 0 Å². The summed E-state index contributed by atoms with van der Waals surface area (Å²) < 4.78 is 24.1. The van der Waals surface area contributed by atoms with Crippen molar-refractivity contribution in [3.63, 3.8) is 0 Å². The van der Waals surface area contributed by atoms with Crippen molar-refractivity contribution < 1.29 is 14.2 Å². The Morgan fingerprint density at radius 2 is 0.818 bits per heavy atom. The van der Waals surface area contributed by atoms with Crippen molar-refractivity contribution in [3.8, 4) is 17.2 Å². The first-order valence-electron chi connectivity index (χ1n) is 41.4. The lowest BCUT2D eigenvalue weighted by Crippen LogP contribution is -2.63. The lowest BCUT2D eigenvalue weighted by molar-refractivity contribution is -0.0399. The second-order valence-electron chi connectivity index (χ2n) is 32.4. The van der Waals surface area contributed by atoms with Crippen molar-refractivity contribution in [2.24, 2.45) is 5.92 Å². The normalized spacial score (nSPS) is 18.6. The van der Waals surface area contributed by atoms with Crippen molar-refractivity contribution >= 4 is 68.4 Å². The zero-order valence-electron chi connectivity index (χ0n) is 68.2. The molecule has 6 aliphatic rings. The van der Waals surface area contributed by atoms with E-state index in [2.05, 4.69) is 219 Å². The van der Waals surface area contributed by atoms with E-state index in [-0.39, 0.29) is 0 Å². The maximum Gasteiger partial charge on any atom is 0.222 e. The fourth-order valence-electron chi connectivity index (χ4n) is 17.5. The number of likely N-dealkylation sites (tertiary alicyclic amines) is 2. The van der Waals surface area contributed by atoms with Gasteiger partial charge in [-0.2, -0.15) is 15.0 Å². The lowest BCUT2D eigenvalue weighted by Gasteiger charge is -2.53. The van der Waals surface area contributed by atoms with Gasteiger partial charge in [-0.3, -0.25) is 24.5 Å². The lowest BCUT2D eigenvalue weighted by atomic mass is 9.89. The van der Waals surface area contributed by atoms with E-state index in [0.717, 1.165) is 169 Å². The molecule has 0 spiro atoms. The number of hydrogen-bond donors (Lipinski definition) is 7. The second-order valence-corrected chi connectivity index (χ2v) is 32.4. The smallest absolute Gasteiger partial charge is 0.222 e. The molecule has 24 heteroatoms. The molecular weight excluding hydrogens is 1380 g/mol. The Hall–Kier alpha value is -8.52. The van der Waals surface area contributed by atoms with E-state index in [4.69, 9.17) is 31.4 Å². The molecule has 596 valence electrons. The molecular formula is C86H129N21O3. The minimum absolute atomic E-state index is 0.294. The molecule has 0 aliphatic carbocycles. The summed E-state index contributed by atoms with van der Waals surface area (Å²) >= 11 is 0. The van der Waals surface area contributed by atoms with Crippen LogP contribution in [0.5, 0.6) is 17.2 Å². The Kier molecular flexibility index (Phi) is 28.4. The molecule has 0 radical (unpaired) electrons. The van der Waals surface area contributed by atoms with Gasteiger partial charge in [-0.05, 0) is 132 Å². The molecule has 4 unspecified atom stereocenters. The van der Waals surface area contributed by atoms with Crippen LogP contribution in [-0.2, 0) is 39.3 Å². The molecule has 24 nitrogen and oxygen atoms in total. The van der Waals surface area contributed by atoms with Gasteiger partial charge in [0.2, 0.25) is 17.8 Å². The topological polar surface area (TPSA) is 262 Å². The van der Waals surface area contributed by atoms with E-state index in [1.54, 1.807) is 21.3 Å². The van der Waals surface area contributed by atoms with Crippen LogP contribution in [0.1, 0.15) is 186 Å². The van der Waals surface area contributed by atoms with Gasteiger partial charge in [0.05, 0.1) is 57.5 Å². The minimum Gasteiger partial charge on any atom is -0.496 e. The number of rotatable bonds is 34. The van der Waals surface area contributed by atoms with Gasteiger partial charge < -0.3 is 66.4 Å². The molecule has 12 heterocycles. The standard InChI is InChI=1S/C31H47N7O.C29H43N7O.C26H39N7O/c1-5-6-7-14-33-30-29-27(34-31(32)35-30)13-15-37(29)20-25-12-11-23(16-28(25)39-4)17-36-18-24-9-8-10-26(21-36)38(19-24)22(2)3;1-5-6-7-13-31-28-27-25(32-29(30)33-28)12-14-34(27)17-22-9-8-21(15-26(22)37-4)16-35-18-24-11-10-23(35)19-36(24)20(2)3;1-5-6-7-11-28-25-24-22(30-26(27)31-25)10-12-33(24)15-20-9-8-19(13-23(20)34-4)14-32-16-21(17-32)29-18(2)3/h11-13,15-16,22,24,26H,5-10,14,17-21H2,1-4H3,(H3,32,33,34,35);8-9,12,14-15,20,23-24H,5-7,10-11,13,16-19H2,1-4H3,(H3,30,31,32,33);8-10,12-13,18,21,29H,5-7,11,14-17H2,1-4H3,(H3,27,28,30,31). The highest BCUT2D eigenvalue weighted by molar-refractivity contribution is 5.89. The number of nitrogens with two attached hydrogens (primary N) is 3. The Bertz CT molecular complexity index is 4410. The number of ether oxygens (including phenoxy) is 3. The molecule has 10 N–H and O–H groups in total. The summed E-state index contributed by atoms with van der Waals surface area (Å²) in [7, 11) is 5.29. The maximum atomic E-state index is 6.02. The van der Waals surface area contributed by atoms with E-state index in [1.807, 2.05) is 24.4 Å². The quantitative estimate of drug-likeness (QED) is 0.0185. The van der Waals surface area contributed by atoms with E-state index in [9.17, 15) is 0 Å². The van der Waals surface area contributed by atoms with Crippen molar-refractivity contribution in [2.45, 2.75) is 234 Å². The Morgan fingerprint density at radius 1 is 0.418 bits per heavy atom. The first-order valence-corrected chi connectivity index (χ1v) is 41.4. The van der Waals surface area contributed by atoms with Crippen LogP contribution in [0.25, 0.3) is 33.1 Å². The SMILES string of the molecule is CCCCCNc1nc(N)nc2ccn(Cc3ccc(CN4CC(NC(C)C)C4)cc3OC)c12.CCCCCNc1nc(N)nc2ccn(Cc3ccc(CN4CC5CCC4CN5C(C)C)cc3OC)c12.CCCCCNc1nc(N)nc2ccn(Cc3ccc(CN4CC5CCCC(C4)N(C(C)C)C5)cc3OC)c12. The molecule has 3 aromatic carbocycles. The second kappa shape index (κ2) is 38.6. The summed E-state index contributed by atoms with van der Waals surface area (Å²) in [5.74, 6) is 6.83. The van der Waals surface area contributed by atoms with Crippen LogP contribution >= 0.6 is 0 Å². The summed E-state index contributed by atoms with van der Waals surface area (Å²) in [6.45, 7) is 36.1. The van der Waals surface area contributed by atoms with Gasteiger partial charge in [-0.15, -0.1) is 0 Å². The maximum absolute atomic E-state index is 6.02. The van der Waals surface area contributed by atoms with Crippen molar-refractivity contribution in [1.29, 1.82) is 0 Å². The number of benzene rings is 3. The van der Waals surface area contributed by atoms with E-state index in [0.29, 0.717) is 79.8 Å². The number of anilines is 6. The number of nitrogen functional groups attached to an aromatic ring is 3. The number of piperazine rings is 1. The number of unbranched alkanes of at least 4 members (excludes halogenated alkanes) is 6. The number of nitrogens with one attached hydrogen (secondary N) is 4. The fourth-order valence-corrected chi connectivity index (χ4v) is 17.5. The van der Waals surface area contributed by atoms with E-state index < -0.39 is 0 Å². The van der Waals surface area contributed by atoms with Crippen molar-refractivity contribution in [1.82, 2.24) is 73.4 Å². The van der Waals surface area contributed by atoms with Gasteiger partial charge in [0.15, 0.2) is 17.5 Å². The molecule has 15 rings (SSSR count). The Balaban J connectivity index is 0.000000154. The van der Waals surface area contributed by atoms with Crippen LogP contribution in [-0.4, -0.2) is 197 Å². The van der Waals surface area contributed by atoms with Crippen LogP contribution in [0.3, 0.4) is 0 Å². The highest BCUT2D eigenvalue weighted by atomic mass is 16.5. The molecule has 0 amide bonds. The number of aromatic nitrogens is 9. The Labute approximate surface area is 654 Å². The van der Waals surface area contributed by atoms with Gasteiger partial charge in [-0.1, -0.05) is 116 Å². The van der Waals surface area contributed by atoms with Crippen LogP contribution in [0.4, 0.5) is 35.3 Å². The monoisotopic (exact) mass is 1500 g/mol. The fraction of sp³-hybridized carbons (Fsp3) is 0.581. The summed E-state index contributed by atoms with van der Waals surface area (Å²) in [6.07, 6.45) is 23.3. The molecule has 9 aromatic rings. The third kappa shape index (κ3) is 20.6. The van der Waals surface area contributed by atoms with Gasteiger partial charge in [-0.25, -0.2) is 15.0 Å². The predicted octanol–water partition coefficient (Wildman–Crippen LogP) is 14.0. The summed E-state index contributed by atoms with van der Waals surface area (Å²) in [5.41, 5.74) is 30.8. The third-order valence-electron chi connectivity index (χ3n) is 23.0. The van der Waals surface area contributed by atoms with Crippen molar-refractivity contribution in [3.05, 3.63) is 125 Å². The molecule has 0 saturated carbocycles. The number of piperidine rings is 2. The number of methoxy groups -OCH3 is 3. The molecule has 4 bridgehead atoms. The highest BCUT2D eigenvalue weighted by Gasteiger charge is 2.40. The summed E-state index contributed by atoms with van der Waals surface area (Å²) in [4.78, 5) is 40.2. The van der Waals surface area contributed by atoms with Crippen LogP contribution < -0.4 is 52.7 Å². The molecule has 6 fully saturated rings.